The second kappa shape index (κ2) is 5.22. The van der Waals surface area contributed by atoms with Gasteiger partial charge < -0.3 is 9.84 Å². The summed E-state index contributed by atoms with van der Waals surface area (Å²) in [4.78, 5) is 10.3. The summed E-state index contributed by atoms with van der Waals surface area (Å²) in [6.45, 7) is -0.346. The number of carbonyl (C=O) groups is 1. The van der Waals surface area contributed by atoms with Crippen LogP contribution >= 0.6 is 27.5 Å². The van der Waals surface area contributed by atoms with E-state index in [-0.39, 0.29) is 6.61 Å². The molecule has 0 aliphatic rings. The maximum atomic E-state index is 10.3. The van der Waals surface area contributed by atoms with Crippen molar-refractivity contribution in [1.82, 2.24) is 0 Å². The average Bonchev–Trinajstić information content (AvgIpc) is 2.15. The molecule has 0 aliphatic heterocycles. The molecule has 1 N–H and O–H groups in total. The Balaban J connectivity index is 2.80. The zero-order chi connectivity index (χ0) is 10.6. The fraction of sp³-hybridized carbons (Fsp3) is 0.222. The molecule has 0 bridgehead atoms. The predicted molar refractivity (Wildman–Crippen MR) is 57.2 cm³/mol. The van der Waals surface area contributed by atoms with Crippen LogP contribution in [0.3, 0.4) is 0 Å². The highest BCUT2D eigenvalue weighted by Gasteiger charge is 2.05. The molecule has 0 saturated heterocycles. The number of carboxylic acids is 1. The largest absolute Gasteiger partial charge is 0.482 e. The minimum absolute atomic E-state index is 0.346. The maximum Gasteiger partial charge on any atom is 0.341 e. The standard InChI is InChI=1S/C9H8BrClO3/c10-4-6-3-7(11)1-2-8(6)14-5-9(12)13/h1-3H,4-5H2,(H,12,13). The van der Waals surface area contributed by atoms with Crippen molar-refractivity contribution in [2.45, 2.75) is 5.33 Å². The van der Waals surface area contributed by atoms with E-state index in [0.29, 0.717) is 16.1 Å². The van der Waals surface area contributed by atoms with E-state index >= 15 is 0 Å². The lowest BCUT2D eigenvalue weighted by Gasteiger charge is -2.07. The molecule has 14 heavy (non-hydrogen) atoms. The Kier molecular flexibility index (Phi) is 4.22. The number of ether oxygens (including phenoxy) is 1. The van der Waals surface area contributed by atoms with E-state index in [9.17, 15) is 4.79 Å². The van der Waals surface area contributed by atoms with E-state index in [4.69, 9.17) is 21.4 Å². The van der Waals surface area contributed by atoms with Crippen LogP contribution in [0.1, 0.15) is 5.56 Å². The molecule has 0 amide bonds. The molecule has 0 atom stereocenters. The van der Waals surface area contributed by atoms with E-state index < -0.39 is 5.97 Å². The zero-order valence-corrected chi connectivity index (χ0v) is 9.51. The van der Waals surface area contributed by atoms with Gasteiger partial charge in [0.2, 0.25) is 0 Å². The molecule has 3 nitrogen and oxygen atoms in total. The first-order valence-electron chi connectivity index (χ1n) is 3.82. The molecule has 0 fully saturated rings. The minimum atomic E-state index is -1.000. The lowest BCUT2D eigenvalue weighted by molar-refractivity contribution is -0.139. The van der Waals surface area contributed by atoms with Crippen LogP contribution in [0.25, 0.3) is 0 Å². The lowest BCUT2D eigenvalue weighted by atomic mass is 10.2. The van der Waals surface area contributed by atoms with Gasteiger partial charge in [-0.05, 0) is 18.2 Å². The Morgan fingerprint density at radius 1 is 1.57 bits per heavy atom. The fourth-order valence-electron chi connectivity index (χ4n) is 0.933. The average molecular weight is 280 g/mol. The summed E-state index contributed by atoms with van der Waals surface area (Å²) < 4.78 is 5.06. The Morgan fingerprint density at radius 3 is 2.86 bits per heavy atom. The Hall–Kier alpha value is -0.740. The fourth-order valence-corrected chi connectivity index (χ4v) is 1.57. The van der Waals surface area contributed by atoms with Crippen LogP contribution in [0.2, 0.25) is 5.02 Å². The first-order chi connectivity index (χ1) is 6.63. The van der Waals surface area contributed by atoms with Gasteiger partial charge in [0.15, 0.2) is 6.61 Å². The molecule has 5 heteroatoms. The van der Waals surface area contributed by atoms with Crippen molar-refractivity contribution in [3.8, 4) is 5.75 Å². The predicted octanol–water partition coefficient (Wildman–Crippen LogP) is 2.70. The van der Waals surface area contributed by atoms with Gasteiger partial charge in [-0.1, -0.05) is 27.5 Å². The van der Waals surface area contributed by atoms with E-state index in [1.54, 1.807) is 18.2 Å². The normalized spacial score (nSPS) is 9.86. The van der Waals surface area contributed by atoms with Crippen molar-refractivity contribution in [3.63, 3.8) is 0 Å². The molecule has 0 unspecified atom stereocenters. The van der Waals surface area contributed by atoms with Crippen molar-refractivity contribution in [1.29, 1.82) is 0 Å². The van der Waals surface area contributed by atoms with Crippen molar-refractivity contribution < 1.29 is 14.6 Å². The second-order valence-electron chi connectivity index (χ2n) is 2.57. The van der Waals surface area contributed by atoms with Crippen LogP contribution in [0.5, 0.6) is 5.75 Å². The summed E-state index contributed by atoms with van der Waals surface area (Å²) in [5.74, 6) is -0.464. The Labute approximate surface area is 94.8 Å². The second-order valence-corrected chi connectivity index (χ2v) is 3.57. The summed E-state index contributed by atoms with van der Waals surface area (Å²) in [6.07, 6.45) is 0. The third kappa shape index (κ3) is 3.20. The third-order valence-corrected chi connectivity index (χ3v) is 2.36. The van der Waals surface area contributed by atoms with Gasteiger partial charge in [0.1, 0.15) is 5.75 Å². The molecule has 0 saturated carbocycles. The number of hydrogen-bond acceptors (Lipinski definition) is 2. The quantitative estimate of drug-likeness (QED) is 0.862. The topological polar surface area (TPSA) is 46.5 Å². The van der Waals surface area contributed by atoms with E-state index in [1.165, 1.54) is 0 Å². The van der Waals surface area contributed by atoms with Crippen molar-refractivity contribution in [3.05, 3.63) is 28.8 Å². The number of benzene rings is 1. The molecule has 0 heterocycles. The van der Waals surface area contributed by atoms with Crippen LogP contribution in [0, 0.1) is 0 Å². The monoisotopic (exact) mass is 278 g/mol. The van der Waals surface area contributed by atoms with E-state index in [0.717, 1.165) is 5.56 Å². The molecular weight excluding hydrogens is 271 g/mol. The van der Waals surface area contributed by atoms with Gasteiger partial charge in [0.25, 0.3) is 0 Å². The van der Waals surface area contributed by atoms with Gasteiger partial charge in [0, 0.05) is 15.9 Å². The zero-order valence-electron chi connectivity index (χ0n) is 7.17. The van der Waals surface area contributed by atoms with Crippen molar-refractivity contribution >= 4 is 33.5 Å². The lowest BCUT2D eigenvalue weighted by Crippen LogP contribution is -2.10. The number of aliphatic carboxylic acids is 1. The van der Waals surface area contributed by atoms with Crippen LogP contribution in [0.15, 0.2) is 18.2 Å². The van der Waals surface area contributed by atoms with Crippen molar-refractivity contribution in [2.24, 2.45) is 0 Å². The molecule has 0 aromatic heterocycles. The number of carboxylic acid groups (broad SMARTS) is 1. The van der Waals surface area contributed by atoms with Crippen LogP contribution in [-0.4, -0.2) is 17.7 Å². The summed E-state index contributed by atoms with van der Waals surface area (Å²) in [6, 6.07) is 5.04. The first kappa shape index (κ1) is 11.3. The number of halogens is 2. The molecule has 76 valence electrons. The third-order valence-electron chi connectivity index (χ3n) is 1.52. The van der Waals surface area contributed by atoms with Gasteiger partial charge in [-0.2, -0.15) is 0 Å². The number of hydrogen-bond donors (Lipinski definition) is 1. The van der Waals surface area contributed by atoms with Gasteiger partial charge >= 0.3 is 5.97 Å². The Morgan fingerprint density at radius 2 is 2.29 bits per heavy atom. The molecule has 1 aromatic carbocycles. The number of rotatable bonds is 4. The summed E-state index contributed by atoms with van der Waals surface area (Å²) >= 11 is 9.03. The van der Waals surface area contributed by atoms with Gasteiger partial charge in [0.05, 0.1) is 0 Å². The van der Waals surface area contributed by atoms with Gasteiger partial charge in [-0.3, -0.25) is 0 Å². The van der Waals surface area contributed by atoms with E-state index in [2.05, 4.69) is 15.9 Å². The molecular formula is C9H8BrClO3. The van der Waals surface area contributed by atoms with Crippen LogP contribution in [-0.2, 0) is 10.1 Å². The van der Waals surface area contributed by atoms with Crippen LogP contribution < -0.4 is 4.74 Å². The highest BCUT2D eigenvalue weighted by molar-refractivity contribution is 9.08. The van der Waals surface area contributed by atoms with Crippen molar-refractivity contribution in [2.75, 3.05) is 6.61 Å². The van der Waals surface area contributed by atoms with Crippen LogP contribution in [0.4, 0.5) is 0 Å². The minimum Gasteiger partial charge on any atom is -0.482 e. The molecule has 1 rings (SSSR count). The smallest absolute Gasteiger partial charge is 0.341 e. The SMILES string of the molecule is O=C(O)COc1ccc(Cl)cc1CBr. The summed E-state index contributed by atoms with van der Waals surface area (Å²) in [5, 5.41) is 9.60. The summed E-state index contributed by atoms with van der Waals surface area (Å²) in [5.41, 5.74) is 0.832. The first-order valence-corrected chi connectivity index (χ1v) is 5.32. The molecule has 0 spiro atoms. The highest BCUT2D eigenvalue weighted by Crippen LogP contribution is 2.24. The van der Waals surface area contributed by atoms with E-state index in [1.807, 2.05) is 0 Å². The van der Waals surface area contributed by atoms with Gasteiger partial charge in [-0.15, -0.1) is 0 Å². The highest BCUT2D eigenvalue weighted by atomic mass is 79.9. The Bertz CT molecular complexity index is 341. The summed E-state index contributed by atoms with van der Waals surface area (Å²) in [7, 11) is 0. The van der Waals surface area contributed by atoms with Gasteiger partial charge in [-0.25, -0.2) is 4.79 Å². The maximum absolute atomic E-state index is 10.3. The molecule has 0 aliphatic carbocycles. The number of alkyl halides is 1. The molecule has 0 radical (unpaired) electrons. The molecule has 1 aromatic rings.